The molecular formula is C29H27O3S+. The van der Waals surface area contributed by atoms with Crippen LogP contribution in [0.15, 0.2) is 99.6 Å². The number of Topliss-reactive ketones (excluding diaryl/α,β-unsaturated/α-hetero) is 1. The molecule has 7 rings (SSSR count). The molecule has 0 heterocycles. The quantitative estimate of drug-likeness (QED) is 0.346. The fraction of sp³-hybridized carbons (Fsp3) is 0.310. The Morgan fingerprint density at radius 3 is 1.79 bits per heavy atom. The molecular weight excluding hydrogens is 428 g/mol. The average Bonchev–Trinajstić information content (AvgIpc) is 2.84. The molecule has 4 aliphatic rings. The number of ether oxygens (including phenoxy) is 1. The Morgan fingerprint density at radius 1 is 0.727 bits per heavy atom. The molecule has 0 saturated heterocycles. The van der Waals surface area contributed by atoms with Crippen molar-refractivity contribution in [2.24, 2.45) is 17.8 Å². The summed E-state index contributed by atoms with van der Waals surface area (Å²) in [4.78, 5) is 29.3. The molecule has 4 heteroatoms. The van der Waals surface area contributed by atoms with Crippen LogP contribution in [0.3, 0.4) is 0 Å². The van der Waals surface area contributed by atoms with E-state index in [-0.39, 0.29) is 28.7 Å². The smallest absolute Gasteiger partial charge is 0.338 e. The summed E-state index contributed by atoms with van der Waals surface area (Å²) in [6.45, 7) is 0. The predicted octanol–water partition coefficient (Wildman–Crippen LogP) is 6.09. The van der Waals surface area contributed by atoms with Crippen molar-refractivity contribution in [2.45, 2.75) is 52.4 Å². The minimum absolute atomic E-state index is 0.102. The molecule has 3 aromatic carbocycles. The number of carbonyl (C=O) groups excluding carboxylic acids is 2. The van der Waals surface area contributed by atoms with Crippen molar-refractivity contribution < 1.29 is 14.3 Å². The molecule has 0 spiro atoms. The summed E-state index contributed by atoms with van der Waals surface area (Å²) < 4.78 is 6.17. The second-order valence-electron chi connectivity index (χ2n) is 9.78. The van der Waals surface area contributed by atoms with E-state index in [1.165, 1.54) is 14.7 Å². The van der Waals surface area contributed by atoms with Gasteiger partial charge in [-0.25, -0.2) is 4.79 Å². The van der Waals surface area contributed by atoms with E-state index in [0.717, 1.165) is 19.3 Å². The van der Waals surface area contributed by atoms with Crippen LogP contribution in [0.25, 0.3) is 0 Å². The van der Waals surface area contributed by atoms with Gasteiger partial charge in [-0.2, -0.15) is 0 Å². The van der Waals surface area contributed by atoms with Crippen LogP contribution in [0.5, 0.6) is 0 Å². The van der Waals surface area contributed by atoms with Crippen molar-refractivity contribution in [3.05, 3.63) is 90.5 Å². The van der Waals surface area contributed by atoms with Crippen LogP contribution in [-0.4, -0.2) is 17.4 Å². The molecule has 2 unspecified atom stereocenters. The van der Waals surface area contributed by atoms with Crippen molar-refractivity contribution >= 4 is 22.6 Å². The topological polar surface area (TPSA) is 43.4 Å². The Morgan fingerprint density at radius 2 is 1.24 bits per heavy atom. The standard InChI is InChI=1S/C29H27O3S/c30-27-22-15-20-16-23(27)19-29(17-20,18-22)32-28(31)21-11-13-26(14-12-21)33(24-7-3-1-4-8-24)25-9-5-2-6-10-25/h1-14,20,22-23H,15-19H2/q+1. The normalized spacial score (nSPS) is 27.7. The summed E-state index contributed by atoms with van der Waals surface area (Å²) in [6.07, 6.45) is 4.33. The molecule has 0 aromatic heterocycles. The highest BCUT2D eigenvalue weighted by Gasteiger charge is 2.57. The average molecular weight is 456 g/mol. The monoisotopic (exact) mass is 455 g/mol. The molecule has 0 radical (unpaired) electrons. The molecule has 4 fully saturated rings. The maximum Gasteiger partial charge on any atom is 0.338 e. The number of benzene rings is 3. The Hall–Kier alpha value is -2.85. The molecule has 0 N–H and O–H groups in total. The lowest BCUT2D eigenvalue weighted by molar-refractivity contribution is -0.162. The molecule has 166 valence electrons. The summed E-state index contributed by atoms with van der Waals surface area (Å²) in [7, 11) is -0.240. The van der Waals surface area contributed by atoms with Gasteiger partial charge in [0, 0.05) is 11.8 Å². The minimum Gasteiger partial charge on any atom is -0.455 e. The van der Waals surface area contributed by atoms with Crippen LogP contribution >= 0.6 is 0 Å². The number of rotatable bonds is 5. The van der Waals surface area contributed by atoms with Gasteiger partial charge in [-0.15, -0.1) is 0 Å². The van der Waals surface area contributed by atoms with E-state index in [9.17, 15) is 9.59 Å². The highest BCUT2D eigenvalue weighted by atomic mass is 32.2. The maximum atomic E-state index is 13.1. The van der Waals surface area contributed by atoms with Gasteiger partial charge >= 0.3 is 5.97 Å². The van der Waals surface area contributed by atoms with E-state index in [0.29, 0.717) is 30.1 Å². The van der Waals surface area contributed by atoms with Crippen LogP contribution in [0.4, 0.5) is 0 Å². The molecule has 0 amide bonds. The fourth-order valence-electron chi connectivity index (χ4n) is 6.30. The van der Waals surface area contributed by atoms with Gasteiger partial charge in [0.05, 0.1) is 16.5 Å². The summed E-state index contributed by atoms with van der Waals surface area (Å²) in [5.74, 6) is 0.899. The second kappa shape index (κ2) is 8.18. The van der Waals surface area contributed by atoms with Gasteiger partial charge < -0.3 is 4.74 Å². The highest BCUT2D eigenvalue weighted by Crippen LogP contribution is 2.55. The second-order valence-corrected chi connectivity index (χ2v) is 11.8. The first-order valence-electron chi connectivity index (χ1n) is 11.8. The van der Waals surface area contributed by atoms with Crippen LogP contribution in [-0.2, 0) is 20.4 Å². The van der Waals surface area contributed by atoms with E-state index in [4.69, 9.17) is 4.74 Å². The van der Waals surface area contributed by atoms with E-state index >= 15 is 0 Å². The van der Waals surface area contributed by atoms with Crippen molar-refractivity contribution in [2.75, 3.05) is 0 Å². The number of carbonyl (C=O) groups is 2. The van der Waals surface area contributed by atoms with E-state index in [2.05, 4.69) is 60.7 Å². The van der Waals surface area contributed by atoms with E-state index in [1.807, 2.05) is 24.3 Å². The first-order chi connectivity index (χ1) is 16.1. The zero-order valence-corrected chi connectivity index (χ0v) is 19.3. The van der Waals surface area contributed by atoms with Crippen LogP contribution in [0.2, 0.25) is 0 Å². The third-order valence-corrected chi connectivity index (χ3v) is 9.76. The lowest BCUT2D eigenvalue weighted by atomic mass is 9.53. The highest BCUT2D eigenvalue weighted by molar-refractivity contribution is 7.97. The van der Waals surface area contributed by atoms with Gasteiger partial charge in [-0.1, -0.05) is 36.4 Å². The Kier molecular flexibility index (Phi) is 5.14. The zero-order valence-electron chi connectivity index (χ0n) is 18.5. The SMILES string of the molecule is O=C(OC12CC3CC(C1)C(=O)C(C3)C2)c1ccc([S+](c2ccccc2)c2ccccc2)cc1. The molecule has 4 aliphatic carbocycles. The van der Waals surface area contributed by atoms with E-state index in [1.54, 1.807) is 0 Å². The summed E-state index contributed by atoms with van der Waals surface area (Å²) in [6, 6.07) is 28.9. The summed E-state index contributed by atoms with van der Waals surface area (Å²) in [5.41, 5.74) is 0.156. The van der Waals surface area contributed by atoms with Crippen molar-refractivity contribution in [1.82, 2.24) is 0 Å². The Labute approximate surface area is 197 Å². The number of esters is 1. The van der Waals surface area contributed by atoms with E-state index < -0.39 is 5.60 Å². The molecule has 3 aromatic rings. The number of hydrogen-bond acceptors (Lipinski definition) is 3. The van der Waals surface area contributed by atoms with Crippen LogP contribution < -0.4 is 0 Å². The molecule has 33 heavy (non-hydrogen) atoms. The predicted molar refractivity (Wildman–Crippen MR) is 128 cm³/mol. The lowest BCUT2D eigenvalue weighted by Gasteiger charge is -2.54. The third-order valence-electron chi connectivity index (χ3n) is 7.53. The Bertz CT molecular complexity index is 1120. The van der Waals surface area contributed by atoms with Crippen LogP contribution in [0, 0.1) is 17.8 Å². The first kappa shape index (κ1) is 20.7. The molecule has 2 atom stereocenters. The molecule has 3 nitrogen and oxygen atoms in total. The molecule has 4 saturated carbocycles. The largest absolute Gasteiger partial charge is 0.455 e. The van der Waals surface area contributed by atoms with Gasteiger partial charge in [0.25, 0.3) is 0 Å². The summed E-state index contributed by atoms with van der Waals surface area (Å²) >= 11 is 0. The summed E-state index contributed by atoms with van der Waals surface area (Å²) in [5, 5.41) is 0. The van der Waals surface area contributed by atoms with Crippen molar-refractivity contribution in [3.63, 3.8) is 0 Å². The van der Waals surface area contributed by atoms with Crippen molar-refractivity contribution in [1.29, 1.82) is 0 Å². The number of hydrogen-bond donors (Lipinski definition) is 0. The minimum atomic E-state index is -0.432. The van der Waals surface area contributed by atoms with Crippen LogP contribution in [0.1, 0.15) is 42.5 Å². The van der Waals surface area contributed by atoms with Gasteiger partial charge in [0.2, 0.25) is 0 Å². The Balaban J connectivity index is 1.25. The lowest BCUT2D eigenvalue weighted by Crippen LogP contribution is -2.56. The zero-order chi connectivity index (χ0) is 22.4. The molecule has 0 aliphatic heterocycles. The third kappa shape index (κ3) is 3.80. The van der Waals surface area contributed by atoms with Crippen molar-refractivity contribution in [3.8, 4) is 0 Å². The van der Waals surface area contributed by atoms with Gasteiger partial charge in [0.15, 0.2) is 14.7 Å². The van der Waals surface area contributed by atoms with Gasteiger partial charge in [-0.3, -0.25) is 4.79 Å². The van der Waals surface area contributed by atoms with Gasteiger partial charge in [0.1, 0.15) is 11.4 Å². The maximum absolute atomic E-state index is 13.1. The first-order valence-corrected chi connectivity index (χ1v) is 13.0. The molecule has 4 bridgehead atoms. The number of ketones is 1. The van der Waals surface area contributed by atoms with Gasteiger partial charge in [-0.05, 0) is 86.6 Å². The fourth-order valence-corrected chi connectivity index (χ4v) is 8.39.